The van der Waals surface area contributed by atoms with Crippen molar-refractivity contribution < 1.29 is 4.79 Å². The molecule has 1 aromatic carbocycles. The van der Waals surface area contributed by atoms with Crippen LogP contribution < -0.4 is 5.32 Å². The van der Waals surface area contributed by atoms with Crippen LogP contribution in [0.4, 0.5) is 0 Å². The fraction of sp³-hybridized carbons (Fsp3) is 0.333. The van der Waals surface area contributed by atoms with Crippen molar-refractivity contribution in [1.29, 1.82) is 5.26 Å². The smallest absolute Gasteiger partial charge is 0.252 e. The molecule has 0 aliphatic rings. The molecule has 4 heteroatoms. The first kappa shape index (κ1) is 12.6. The van der Waals surface area contributed by atoms with Crippen LogP contribution in [0.15, 0.2) is 29.2 Å². The van der Waals surface area contributed by atoms with E-state index >= 15 is 0 Å². The van der Waals surface area contributed by atoms with Crippen LogP contribution in [0, 0.1) is 10.7 Å². The van der Waals surface area contributed by atoms with E-state index in [2.05, 4.69) is 5.32 Å². The lowest BCUT2D eigenvalue weighted by atomic mass is 10.1. The zero-order valence-electron chi connectivity index (χ0n) is 9.57. The van der Waals surface area contributed by atoms with Gasteiger partial charge in [-0.1, -0.05) is 12.1 Å². The van der Waals surface area contributed by atoms with Gasteiger partial charge in [0, 0.05) is 10.4 Å². The summed E-state index contributed by atoms with van der Waals surface area (Å²) in [6, 6.07) is 7.10. The Balaban J connectivity index is 2.96. The number of carbonyl (C=O) groups is 1. The molecule has 1 N–H and O–H groups in total. The molecule has 1 amide bonds. The van der Waals surface area contributed by atoms with Crippen LogP contribution in [0.25, 0.3) is 0 Å². The normalized spacial score (nSPS) is 10.6. The third kappa shape index (κ3) is 3.59. The number of nitriles is 1. The number of nitrogens with zero attached hydrogens (tertiary/aromatic N) is 1. The predicted molar refractivity (Wildman–Crippen MR) is 65.1 cm³/mol. The van der Waals surface area contributed by atoms with Gasteiger partial charge in [-0.05, 0) is 44.7 Å². The third-order valence-electron chi connectivity index (χ3n) is 1.78. The maximum atomic E-state index is 11.9. The minimum Gasteiger partial charge on any atom is -0.347 e. The number of amides is 1. The van der Waals surface area contributed by atoms with E-state index in [4.69, 9.17) is 5.26 Å². The van der Waals surface area contributed by atoms with Gasteiger partial charge in [-0.2, -0.15) is 5.26 Å². The highest BCUT2D eigenvalue weighted by Gasteiger charge is 2.17. The highest BCUT2D eigenvalue weighted by atomic mass is 32.2. The fourth-order valence-corrected chi connectivity index (χ4v) is 1.72. The summed E-state index contributed by atoms with van der Waals surface area (Å²) in [6.45, 7) is 5.76. The molecular formula is C12H14N2OS. The van der Waals surface area contributed by atoms with Crippen LogP contribution in [-0.2, 0) is 0 Å². The van der Waals surface area contributed by atoms with Crippen molar-refractivity contribution in [3.05, 3.63) is 29.8 Å². The summed E-state index contributed by atoms with van der Waals surface area (Å²) < 4.78 is 0. The largest absolute Gasteiger partial charge is 0.347 e. The summed E-state index contributed by atoms with van der Waals surface area (Å²) in [7, 11) is 0. The number of rotatable bonds is 2. The minimum absolute atomic E-state index is 0.147. The topological polar surface area (TPSA) is 52.9 Å². The second kappa shape index (κ2) is 5.04. The van der Waals surface area contributed by atoms with Crippen LogP contribution in [-0.4, -0.2) is 11.4 Å². The maximum absolute atomic E-state index is 11.9. The van der Waals surface area contributed by atoms with Gasteiger partial charge in [-0.3, -0.25) is 4.79 Å². The van der Waals surface area contributed by atoms with Gasteiger partial charge in [0.25, 0.3) is 5.91 Å². The maximum Gasteiger partial charge on any atom is 0.252 e. The molecule has 1 rings (SSSR count). The quantitative estimate of drug-likeness (QED) is 0.632. The standard InChI is InChI=1S/C12H14N2OS/c1-12(2,3)14-11(15)9-6-4-5-7-10(9)16-8-13/h4-7H,1-3H3,(H,14,15). The first-order valence-corrected chi connectivity index (χ1v) is 5.73. The number of nitrogens with one attached hydrogen (secondary N) is 1. The van der Waals surface area contributed by atoms with E-state index in [1.54, 1.807) is 18.2 Å². The molecule has 0 aromatic heterocycles. The molecular weight excluding hydrogens is 220 g/mol. The molecule has 0 heterocycles. The van der Waals surface area contributed by atoms with Crippen molar-refractivity contribution in [2.75, 3.05) is 0 Å². The lowest BCUT2D eigenvalue weighted by Gasteiger charge is -2.21. The molecule has 16 heavy (non-hydrogen) atoms. The van der Waals surface area contributed by atoms with Crippen molar-refractivity contribution in [2.45, 2.75) is 31.2 Å². The first-order chi connectivity index (χ1) is 7.44. The Morgan fingerprint density at radius 2 is 2.00 bits per heavy atom. The highest BCUT2D eigenvalue weighted by Crippen LogP contribution is 2.21. The lowest BCUT2D eigenvalue weighted by Crippen LogP contribution is -2.40. The SMILES string of the molecule is CC(C)(C)NC(=O)c1ccccc1SC#N. The number of carbonyl (C=O) groups excluding carboxylic acids is 1. The van der Waals surface area contributed by atoms with Gasteiger partial charge in [0.2, 0.25) is 0 Å². The number of benzene rings is 1. The Kier molecular flexibility index (Phi) is 3.97. The Labute approximate surface area is 99.8 Å². The fourth-order valence-electron chi connectivity index (χ4n) is 1.20. The molecule has 3 nitrogen and oxygen atoms in total. The Bertz CT molecular complexity index is 429. The molecule has 0 fully saturated rings. The summed E-state index contributed by atoms with van der Waals surface area (Å²) in [5.74, 6) is -0.147. The molecule has 0 saturated heterocycles. The molecule has 0 unspecified atom stereocenters. The number of thiocyanates is 1. The van der Waals surface area contributed by atoms with Gasteiger partial charge in [0.15, 0.2) is 0 Å². The minimum atomic E-state index is -0.276. The zero-order valence-corrected chi connectivity index (χ0v) is 10.4. The molecule has 0 aliphatic heterocycles. The van der Waals surface area contributed by atoms with E-state index in [1.807, 2.05) is 32.2 Å². The number of thioether (sulfide) groups is 1. The molecule has 0 aliphatic carbocycles. The summed E-state index contributed by atoms with van der Waals surface area (Å²) >= 11 is 1.00. The van der Waals surface area contributed by atoms with Crippen LogP contribution in [0.3, 0.4) is 0 Å². The van der Waals surface area contributed by atoms with Crippen molar-refractivity contribution in [2.24, 2.45) is 0 Å². The van der Waals surface area contributed by atoms with Gasteiger partial charge < -0.3 is 5.32 Å². The van der Waals surface area contributed by atoms with Crippen LogP contribution >= 0.6 is 11.8 Å². The molecule has 84 valence electrons. The summed E-state index contributed by atoms with van der Waals surface area (Å²) in [5.41, 5.74) is 0.269. The van der Waals surface area contributed by atoms with Gasteiger partial charge in [0.05, 0.1) is 5.56 Å². The first-order valence-electron chi connectivity index (χ1n) is 4.91. The van der Waals surface area contributed by atoms with Crippen LogP contribution in [0.1, 0.15) is 31.1 Å². The van der Waals surface area contributed by atoms with Gasteiger partial charge in [0.1, 0.15) is 5.40 Å². The second-order valence-corrected chi connectivity index (χ2v) is 5.22. The van der Waals surface area contributed by atoms with E-state index in [0.29, 0.717) is 10.5 Å². The predicted octanol–water partition coefficient (Wildman–Crippen LogP) is 2.79. The number of hydrogen-bond donors (Lipinski definition) is 1. The molecule has 0 spiro atoms. The Hall–Kier alpha value is -1.47. The summed E-state index contributed by atoms with van der Waals surface area (Å²) in [4.78, 5) is 12.6. The van der Waals surface area contributed by atoms with Gasteiger partial charge >= 0.3 is 0 Å². The van der Waals surface area contributed by atoms with Crippen molar-refractivity contribution >= 4 is 17.7 Å². The molecule has 1 aromatic rings. The van der Waals surface area contributed by atoms with E-state index in [1.165, 1.54) is 0 Å². The van der Waals surface area contributed by atoms with E-state index < -0.39 is 0 Å². The molecule has 0 radical (unpaired) electrons. The van der Waals surface area contributed by atoms with Gasteiger partial charge in [-0.15, -0.1) is 0 Å². The summed E-state index contributed by atoms with van der Waals surface area (Å²) in [6.07, 6.45) is 0. The Morgan fingerprint density at radius 3 is 2.56 bits per heavy atom. The average molecular weight is 234 g/mol. The lowest BCUT2D eigenvalue weighted by molar-refractivity contribution is 0.0916. The van der Waals surface area contributed by atoms with Crippen molar-refractivity contribution in [3.8, 4) is 5.40 Å². The third-order valence-corrected chi connectivity index (χ3v) is 2.44. The summed E-state index contributed by atoms with van der Waals surface area (Å²) in [5, 5.41) is 13.5. The van der Waals surface area contributed by atoms with Crippen LogP contribution in [0.2, 0.25) is 0 Å². The molecule has 0 bridgehead atoms. The van der Waals surface area contributed by atoms with Gasteiger partial charge in [-0.25, -0.2) is 0 Å². The van der Waals surface area contributed by atoms with Crippen molar-refractivity contribution in [3.63, 3.8) is 0 Å². The van der Waals surface area contributed by atoms with E-state index in [9.17, 15) is 4.79 Å². The average Bonchev–Trinajstić information content (AvgIpc) is 2.16. The highest BCUT2D eigenvalue weighted by molar-refractivity contribution is 8.03. The zero-order chi connectivity index (χ0) is 12.2. The Morgan fingerprint density at radius 1 is 1.38 bits per heavy atom. The van der Waals surface area contributed by atoms with E-state index in [-0.39, 0.29) is 11.4 Å². The molecule has 0 saturated carbocycles. The van der Waals surface area contributed by atoms with Crippen LogP contribution in [0.5, 0.6) is 0 Å². The monoisotopic (exact) mass is 234 g/mol. The van der Waals surface area contributed by atoms with E-state index in [0.717, 1.165) is 11.8 Å². The second-order valence-electron chi connectivity index (χ2n) is 4.39. The number of hydrogen-bond acceptors (Lipinski definition) is 3. The molecule has 0 atom stereocenters. The van der Waals surface area contributed by atoms with Crippen molar-refractivity contribution in [1.82, 2.24) is 5.32 Å².